The maximum absolute atomic E-state index is 5.91. The summed E-state index contributed by atoms with van der Waals surface area (Å²) >= 11 is 0. The molecule has 26 heavy (non-hydrogen) atoms. The molecule has 0 amide bonds. The van der Waals surface area contributed by atoms with Crippen LogP contribution in [0, 0.1) is 5.92 Å². The topological polar surface area (TPSA) is 24.5 Å². The van der Waals surface area contributed by atoms with E-state index in [1.165, 1.54) is 44.3 Å². The molecule has 0 aromatic heterocycles. The van der Waals surface area contributed by atoms with Crippen LogP contribution < -0.4 is 10.1 Å². The molecule has 3 nitrogen and oxygen atoms in total. The minimum Gasteiger partial charge on any atom is -0.457 e. The zero-order valence-corrected chi connectivity index (χ0v) is 16.2. The van der Waals surface area contributed by atoms with Gasteiger partial charge in [0.25, 0.3) is 0 Å². The van der Waals surface area contributed by atoms with E-state index in [1.807, 2.05) is 30.3 Å². The first kappa shape index (κ1) is 18.9. The number of ether oxygens (including phenoxy) is 1. The van der Waals surface area contributed by atoms with Crippen LogP contribution in [-0.4, -0.2) is 31.6 Å². The second-order valence-electron chi connectivity index (χ2n) is 7.50. The van der Waals surface area contributed by atoms with Crippen LogP contribution >= 0.6 is 0 Å². The van der Waals surface area contributed by atoms with Crippen LogP contribution in [-0.2, 0) is 0 Å². The molecule has 0 saturated carbocycles. The van der Waals surface area contributed by atoms with Crippen molar-refractivity contribution in [1.82, 2.24) is 10.2 Å². The Balaban J connectivity index is 1.58. The summed E-state index contributed by atoms with van der Waals surface area (Å²) in [6, 6.07) is 19.0. The molecule has 140 valence electrons. The molecule has 1 N–H and O–H groups in total. The Morgan fingerprint density at radius 3 is 2.50 bits per heavy atom. The molecule has 2 aromatic rings. The lowest BCUT2D eigenvalue weighted by Gasteiger charge is -2.31. The van der Waals surface area contributed by atoms with Gasteiger partial charge in [-0.25, -0.2) is 0 Å². The third-order valence-electron chi connectivity index (χ3n) is 5.21. The molecule has 0 radical (unpaired) electrons. The predicted octanol–water partition coefficient (Wildman–Crippen LogP) is 5.25. The summed E-state index contributed by atoms with van der Waals surface area (Å²) in [4.78, 5) is 2.46. The van der Waals surface area contributed by atoms with Gasteiger partial charge in [-0.15, -0.1) is 0 Å². The van der Waals surface area contributed by atoms with Crippen molar-refractivity contribution in [3.8, 4) is 11.5 Å². The predicted molar refractivity (Wildman–Crippen MR) is 109 cm³/mol. The number of nitrogens with one attached hydrogen (secondary N) is 1. The number of hydrogen-bond acceptors (Lipinski definition) is 3. The number of benzene rings is 2. The van der Waals surface area contributed by atoms with E-state index < -0.39 is 0 Å². The van der Waals surface area contributed by atoms with Crippen molar-refractivity contribution >= 4 is 0 Å². The minimum absolute atomic E-state index is 0.429. The third kappa shape index (κ3) is 5.58. The quantitative estimate of drug-likeness (QED) is 0.702. The fourth-order valence-electron chi connectivity index (χ4n) is 3.82. The van der Waals surface area contributed by atoms with Crippen LogP contribution in [0.3, 0.4) is 0 Å². The van der Waals surface area contributed by atoms with E-state index in [0.717, 1.165) is 24.0 Å². The van der Waals surface area contributed by atoms with Crippen LogP contribution in [0.15, 0.2) is 54.6 Å². The number of hydrogen-bond donors (Lipinski definition) is 1. The SMILES string of the molecule is CCCC(NCC1CCCN(C)C1)c1ccc(Oc2ccccc2)cc1. The second-order valence-corrected chi connectivity index (χ2v) is 7.50. The van der Waals surface area contributed by atoms with Crippen LogP contribution in [0.5, 0.6) is 11.5 Å². The Hall–Kier alpha value is -1.84. The van der Waals surface area contributed by atoms with Gasteiger partial charge in [-0.3, -0.25) is 0 Å². The molecule has 3 heteroatoms. The summed E-state index contributed by atoms with van der Waals surface area (Å²) in [5.74, 6) is 2.54. The smallest absolute Gasteiger partial charge is 0.127 e. The normalized spacial score (nSPS) is 19.2. The second kappa shape index (κ2) is 9.75. The molecule has 1 heterocycles. The lowest BCUT2D eigenvalue weighted by molar-refractivity contribution is 0.202. The van der Waals surface area contributed by atoms with Gasteiger partial charge in [0.15, 0.2) is 0 Å². The monoisotopic (exact) mass is 352 g/mol. The molecule has 1 aliphatic rings. The Labute approximate surface area is 158 Å². The number of piperidine rings is 1. The van der Waals surface area contributed by atoms with Gasteiger partial charge in [0, 0.05) is 12.6 Å². The van der Waals surface area contributed by atoms with E-state index in [9.17, 15) is 0 Å². The molecule has 2 aromatic carbocycles. The molecular formula is C23H32N2O. The zero-order valence-electron chi connectivity index (χ0n) is 16.2. The number of nitrogens with zero attached hydrogens (tertiary/aromatic N) is 1. The molecule has 1 fully saturated rings. The standard InChI is InChI=1S/C23H32N2O/c1-3-8-23(24-17-19-9-7-16-25(2)18-19)20-12-14-22(15-13-20)26-21-10-5-4-6-11-21/h4-6,10-15,19,23-24H,3,7-9,16-18H2,1-2H3. The highest BCUT2D eigenvalue weighted by Crippen LogP contribution is 2.25. The average Bonchev–Trinajstić information content (AvgIpc) is 2.67. The van der Waals surface area contributed by atoms with Crippen molar-refractivity contribution in [3.63, 3.8) is 0 Å². The van der Waals surface area contributed by atoms with Crippen molar-refractivity contribution in [1.29, 1.82) is 0 Å². The van der Waals surface area contributed by atoms with Crippen molar-refractivity contribution in [2.24, 2.45) is 5.92 Å². The van der Waals surface area contributed by atoms with E-state index in [-0.39, 0.29) is 0 Å². The third-order valence-corrected chi connectivity index (χ3v) is 5.21. The summed E-state index contributed by atoms with van der Waals surface area (Å²) in [6.07, 6.45) is 5.03. The lowest BCUT2D eigenvalue weighted by Crippen LogP contribution is -2.38. The number of likely N-dealkylation sites (tertiary alicyclic amines) is 1. The highest BCUT2D eigenvalue weighted by molar-refractivity contribution is 5.34. The Morgan fingerprint density at radius 1 is 1.08 bits per heavy atom. The van der Waals surface area contributed by atoms with E-state index in [1.54, 1.807) is 0 Å². The molecule has 0 bridgehead atoms. The average molecular weight is 353 g/mol. The van der Waals surface area contributed by atoms with Crippen molar-refractivity contribution < 1.29 is 4.74 Å². The van der Waals surface area contributed by atoms with Gasteiger partial charge in [-0.2, -0.15) is 0 Å². The summed E-state index contributed by atoms with van der Waals surface area (Å²) in [7, 11) is 2.24. The molecule has 2 unspecified atom stereocenters. The molecule has 1 aliphatic heterocycles. The van der Waals surface area contributed by atoms with Crippen molar-refractivity contribution in [3.05, 3.63) is 60.2 Å². The van der Waals surface area contributed by atoms with Crippen LogP contribution in [0.4, 0.5) is 0 Å². The fraction of sp³-hybridized carbons (Fsp3) is 0.478. The minimum atomic E-state index is 0.429. The Kier molecular flexibility index (Phi) is 7.10. The molecule has 0 aliphatic carbocycles. The van der Waals surface area contributed by atoms with E-state index in [4.69, 9.17) is 4.74 Å². The van der Waals surface area contributed by atoms with Crippen LogP contribution in [0.1, 0.15) is 44.2 Å². The maximum Gasteiger partial charge on any atom is 0.127 e. The van der Waals surface area contributed by atoms with Gasteiger partial charge < -0.3 is 15.0 Å². The van der Waals surface area contributed by atoms with Crippen molar-refractivity contribution in [2.45, 2.75) is 38.6 Å². The highest BCUT2D eigenvalue weighted by Gasteiger charge is 2.19. The summed E-state index contributed by atoms with van der Waals surface area (Å²) < 4.78 is 5.91. The van der Waals surface area contributed by atoms with Crippen LogP contribution in [0.2, 0.25) is 0 Å². The van der Waals surface area contributed by atoms with E-state index >= 15 is 0 Å². The van der Waals surface area contributed by atoms with Crippen molar-refractivity contribution in [2.75, 3.05) is 26.7 Å². The van der Waals surface area contributed by atoms with Gasteiger partial charge in [0.1, 0.15) is 11.5 Å². The summed E-state index contributed by atoms with van der Waals surface area (Å²) in [5.41, 5.74) is 1.36. The summed E-state index contributed by atoms with van der Waals surface area (Å²) in [5, 5.41) is 3.83. The first-order valence-electron chi connectivity index (χ1n) is 9.99. The Bertz CT molecular complexity index is 641. The molecular weight excluding hydrogens is 320 g/mol. The van der Waals surface area contributed by atoms with Gasteiger partial charge in [-0.1, -0.05) is 43.7 Å². The van der Waals surface area contributed by atoms with Gasteiger partial charge in [-0.05, 0) is 75.1 Å². The van der Waals surface area contributed by atoms with Gasteiger partial charge >= 0.3 is 0 Å². The molecule has 3 rings (SSSR count). The number of rotatable bonds is 8. The zero-order chi connectivity index (χ0) is 18.2. The van der Waals surface area contributed by atoms with Gasteiger partial charge in [0.2, 0.25) is 0 Å². The highest BCUT2D eigenvalue weighted by atomic mass is 16.5. The Morgan fingerprint density at radius 2 is 1.81 bits per heavy atom. The van der Waals surface area contributed by atoms with E-state index in [2.05, 4.69) is 48.5 Å². The van der Waals surface area contributed by atoms with Crippen LogP contribution in [0.25, 0.3) is 0 Å². The first-order valence-corrected chi connectivity index (χ1v) is 9.99. The van der Waals surface area contributed by atoms with E-state index in [0.29, 0.717) is 6.04 Å². The molecule has 2 atom stereocenters. The molecule has 1 saturated heterocycles. The number of para-hydroxylation sites is 1. The maximum atomic E-state index is 5.91. The lowest BCUT2D eigenvalue weighted by atomic mass is 9.96. The summed E-state index contributed by atoms with van der Waals surface area (Å²) in [6.45, 7) is 5.83. The largest absolute Gasteiger partial charge is 0.457 e. The molecule has 0 spiro atoms. The first-order chi connectivity index (χ1) is 12.7. The fourth-order valence-corrected chi connectivity index (χ4v) is 3.82. The van der Waals surface area contributed by atoms with Gasteiger partial charge in [0.05, 0.1) is 0 Å².